The van der Waals surface area contributed by atoms with E-state index in [4.69, 9.17) is 4.74 Å². The number of nitrogens with zero attached hydrogens (tertiary/aromatic N) is 7. The maximum absolute atomic E-state index is 15.3. The number of ether oxygens (including phenoxy) is 1. The molecular formula is C53H72N8O6. The average Bonchev–Trinajstić information content (AvgIpc) is 4.28. The first-order valence-electron chi connectivity index (χ1n) is 25.5. The summed E-state index contributed by atoms with van der Waals surface area (Å²) in [5.41, 5.74) is 3.02. The topological polar surface area (TPSA) is 144 Å². The van der Waals surface area contributed by atoms with Gasteiger partial charge in [-0.2, -0.15) is 9.78 Å². The van der Waals surface area contributed by atoms with Crippen LogP contribution in [0.3, 0.4) is 0 Å². The molecule has 2 saturated carbocycles. The Kier molecular flexibility index (Phi) is 13.9. The zero-order valence-corrected chi connectivity index (χ0v) is 40.4. The molecule has 360 valence electrons. The molecule has 9 rings (SSSR count). The summed E-state index contributed by atoms with van der Waals surface area (Å²) in [4.78, 5) is 85.0. The van der Waals surface area contributed by atoms with Gasteiger partial charge in [-0.1, -0.05) is 63.8 Å². The molecule has 1 atom stereocenters. The molecule has 5 fully saturated rings. The van der Waals surface area contributed by atoms with Crippen LogP contribution >= 0.6 is 0 Å². The first kappa shape index (κ1) is 47.0. The summed E-state index contributed by atoms with van der Waals surface area (Å²) in [7, 11) is 2.17. The van der Waals surface area contributed by atoms with E-state index in [0.29, 0.717) is 45.1 Å². The van der Waals surface area contributed by atoms with Gasteiger partial charge in [-0.3, -0.25) is 29.0 Å². The molecule has 2 aliphatic carbocycles. The number of piperidine rings is 2. The van der Waals surface area contributed by atoms with Crippen LogP contribution in [0.25, 0.3) is 21.8 Å². The van der Waals surface area contributed by atoms with Gasteiger partial charge in [0.05, 0.1) is 22.5 Å². The quantitative estimate of drug-likeness (QED) is 0.0883. The van der Waals surface area contributed by atoms with Crippen molar-refractivity contribution in [3.63, 3.8) is 0 Å². The number of aryl methyl sites for hydroxylation is 1. The molecular weight excluding hydrogens is 845 g/mol. The zero-order chi connectivity index (χ0) is 46.9. The maximum Gasteiger partial charge on any atom is 0.323 e. The van der Waals surface area contributed by atoms with Crippen molar-refractivity contribution in [3.05, 3.63) is 75.7 Å². The lowest BCUT2D eigenvalue weighted by atomic mass is 9.89. The van der Waals surface area contributed by atoms with Crippen LogP contribution in [0, 0.1) is 17.8 Å². The molecule has 1 unspecified atom stereocenters. The highest BCUT2D eigenvalue weighted by Crippen LogP contribution is 2.52. The molecule has 14 nitrogen and oxygen atoms in total. The van der Waals surface area contributed by atoms with Gasteiger partial charge in [-0.25, -0.2) is 4.79 Å². The van der Waals surface area contributed by atoms with Crippen LogP contribution < -0.4 is 5.56 Å². The smallest absolute Gasteiger partial charge is 0.323 e. The van der Waals surface area contributed by atoms with Crippen LogP contribution in [0.15, 0.2) is 53.5 Å². The Bertz CT molecular complexity index is 2500. The Balaban J connectivity index is 1.01. The second kappa shape index (κ2) is 19.9. The summed E-state index contributed by atoms with van der Waals surface area (Å²) >= 11 is 0. The summed E-state index contributed by atoms with van der Waals surface area (Å²) in [6.07, 6.45) is 14.2. The van der Waals surface area contributed by atoms with Crippen molar-refractivity contribution in [3.8, 4) is 0 Å². The first-order valence-corrected chi connectivity index (χ1v) is 25.5. The van der Waals surface area contributed by atoms with Crippen molar-refractivity contribution < 1.29 is 23.9 Å². The molecule has 3 saturated heterocycles. The van der Waals surface area contributed by atoms with Gasteiger partial charge in [0.25, 0.3) is 11.5 Å². The number of amides is 3. The van der Waals surface area contributed by atoms with Gasteiger partial charge in [0, 0.05) is 68.2 Å². The number of nitrogens with one attached hydrogen (secondary N) is 1. The Hall–Kier alpha value is -5.08. The van der Waals surface area contributed by atoms with Gasteiger partial charge in [0.1, 0.15) is 6.04 Å². The van der Waals surface area contributed by atoms with Gasteiger partial charge >= 0.3 is 12.0 Å². The number of H-pyrrole nitrogens is 1. The number of aromatic nitrogens is 3. The Morgan fingerprint density at radius 2 is 1.49 bits per heavy atom. The molecule has 3 amide bonds. The lowest BCUT2D eigenvalue weighted by Crippen LogP contribution is -2.60. The zero-order valence-electron chi connectivity index (χ0n) is 40.4. The third-order valence-corrected chi connectivity index (χ3v) is 16.2. The summed E-state index contributed by atoms with van der Waals surface area (Å²) in [6.45, 7) is 11.4. The number of benzene rings is 2. The number of urea groups is 1. The number of rotatable bonds is 16. The minimum atomic E-state index is -0.973. The lowest BCUT2D eigenvalue weighted by molar-refractivity contribution is -0.158. The fourth-order valence-electron chi connectivity index (χ4n) is 11.4. The Morgan fingerprint density at radius 3 is 2.16 bits per heavy atom. The third-order valence-electron chi connectivity index (χ3n) is 16.2. The average molecular weight is 917 g/mol. The molecule has 0 bridgehead atoms. The largest absolute Gasteiger partial charge is 0.444 e. The van der Waals surface area contributed by atoms with E-state index in [1.165, 1.54) is 4.90 Å². The number of hydrogen-bond donors (Lipinski definition) is 1. The predicted molar refractivity (Wildman–Crippen MR) is 260 cm³/mol. The number of carbonyl (C=O) groups is 4. The summed E-state index contributed by atoms with van der Waals surface area (Å²) in [6, 6.07) is 12.9. The molecule has 67 heavy (non-hydrogen) atoms. The highest BCUT2D eigenvalue weighted by Gasteiger charge is 2.52. The van der Waals surface area contributed by atoms with E-state index in [2.05, 4.69) is 40.8 Å². The molecule has 3 aliphatic heterocycles. The van der Waals surface area contributed by atoms with Gasteiger partial charge in [0.15, 0.2) is 6.73 Å². The van der Waals surface area contributed by atoms with Crippen LogP contribution in [0.5, 0.6) is 0 Å². The molecule has 0 radical (unpaired) electrons. The highest BCUT2D eigenvalue weighted by molar-refractivity contribution is 5.97. The number of piperazine rings is 1. The second-order valence-electron chi connectivity index (χ2n) is 20.8. The molecule has 4 aromatic rings. The molecule has 1 N–H and O–H groups in total. The van der Waals surface area contributed by atoms with Crippen molar-refractivity contribution in [1.82, 2.24) is 39.3 Å². The maximum atomic E-state index is 15.3. The third kappa shape index (κ3) is 9.93. The van der Waals surface area contributed by atoms with Crippen LogP contribution in [-0.2, 0) is 20.7 Å². The van der Waals surface area contributed by atoms with Crippen molar-refractivity contribution in [2.45, 2.75) is 135 Å². The normalized spacial score (nSPS) is 20.5. The molecule has 2 aromatic heterocycles. The van der Waals surface area contributed by atoms with Crippen LogP contribution in [0.1, 0.15) is 131 Å². The molecule has 0 spiro atoms. The Labute approximate surface area is 395 Å². The number of carbonyl (C=O) groups excluding carboxylic acids is 4. The fraction of sp³-hybridized carbons (Fsp3) is 0.623. The van der Waals surface area contributed by atoms with E-state index in [-0.39, 0.29) is 53.9 Å². The number of likely N-dealkylation sites (tertiary alicyclic amines) is 2. The highest BCUT2D eigenvalue weighted by atomic mass is 16.5. The number of aromatic amines is 1. The van der Waals surface area contributed by atoms with E-state index in [1.807, 2.05) is 54.3 Å². The summed E-state index contributed by atoms with van der Waals surface area (Å²) in [5, 5.41) is 6.44. The van der Waals surface area contributed by atoms with Gasteiger partial charge in [0.2, 0.25) is 5.91 Å². The number of unbranched alkanes of at least 4 members (excludes halogenated alkanes) is 2. The van der Waals surface area contributed by atoms with Crippen LogP contribution in [0.2, 0.25) is 0 Å². The molecule has 14 heteroatoms. The molecule has 2 aromatic carbocycles. The SMILES string of the molecule is CCCCC1(C(=O)OCN(C(=O)N2CCC(c3cc4ccccc4[nH]c3=O)CC2)C(Cc2cc(C)c3c(cnn3C(=O)C3(CCCC)CC3)c2)C(=O)N2CCN(C3CCN(C)CC3)CC2)CC1. The minimum absolute atomic E-state index is 0.0424. The first-order chi connectivity index (χ1) is 32.4. The number of hydrogen-bond acceptors (Lipinski definition) is 9. The van der Waals surface area contributed by atoms with E-state index in [0.717, 1.165) is 142 Å². The number of fused-ring (bicyclic) bond motifs is 2. The lowest BCUT2D eigenvalue weighted by Gasteiger charge is -2.44. The van der Waals surface area contributed by atoms with Gasteiger partial charge < -0.3 is 24.4 Å². The van der Waals surface area contributed by atoms with E-state index < -0.39 is 11.5 Å². The summed E-state index contributed by atoms with van der Waals surface area (Å²) in [5.74, 6) is -0.446. The van der Waals surface area contributed by atoms with Crippen LogP contribution in [0.4, 0.5) is 4.79 Å². The van der Waals surface area contributed by atoms with Crippen molar-refractivity contribution >= 4 is 45.6 Å². The standard InChI is InChI=1S/C53H72N8O6/c1-5-7-17-52(19-20-52)49(64)61-46-37(3)31-38(32-41(46)35-54-61)33-45(48(63)58-29-27-57(28-30-58)42-15-23-56(4)24-16-42)60(36-67-50(65)53(21-22-53)18-8-6-2)51(66)59-25-13-39(14-26-59)43-34-40-11-9-10-12-44(40)55-47(43)62/h9-12,31-32,34-35,39,42,45H,5-8,13-30,33,36H2,1-4H3,(H,55,62). The van der Waals surface area contributed by atoms with E-state index >= 15 is 9.59 Å². The fourth-order valence-corrected chi connectivity index (χ4v) is 11.4. The Morgan fingerprint density at radius 1 is 0.821 bits per heavy atom. The van der Waals surface area contributed by atoms with Crippen molar-refractivity contribution in [2.75, 3.05) is 66.1 Å². The minimum Gasteiger partial charge on any atom is -0.444 e. The predicted octanol–water partition coefficient (Wildman–Crippen LogP) is 7.72. The van der Waals surface area contributed by atoms with Crippen molar-refractivity contribution in [2.24, 2.45) is 10.8 Å². The number of para-hydroxylation sites is 1. The van der Waals surface area contributed by atoms with Gasteiger partial charge in [-0.05, 0) is 132 Å². The van der Waals surface area contributed by atoms with E-state index in [1.54, 1.807) is 15.8 Å². The monoisotopic (exact) mass is 917 g/mol. The number of esters is 1. The van der Waals surface area contributed by atoms with Gasteiger partial charge in [-0.15, -0.1) is 0 Å². The summed E-state index contributed by atoms with van der Waals surface area (Å²) < 4.78 is 7.80. The van der Waals surface area contributed by atoms with Crippen molar-refractivity contribution in [1.29, 1.82) is 0 Å². The van der Waals surface area contributed by atoms with E-state index in [9.17, 15) is 14.4 Å². The number of pyridine rings is 1. The molecule has 5 heterocycles. The van der Waals surface area contributed by atoms with Crippen LogP contribution in [-0.4, -0.2) is 141 Å². The molecule has 5 aliphatic rings. The second-order valence-corrected chi connectivity index (χ2v) is 20.8.